The fourth-order valence-electron chi connectivity index (χ4n) is 2.68. The van der Waals surface area contributed by atoms with Crippen LogP contribution in [0.15, 0.2) is 0 Å². The zero-order chi connectivity index (χ0) is 23.9. The molecule has 180 valence electrons. The molecule has 0 aromatic rings. The number of aliphatic carboxylic acids is 1. The molecule has 10 nitrogen and oxygen atoms in total. The average Bonchev–Trinajstić information content (AvgIpc) is 2.71. The summed E-state index contributed by atoms with van der Waals surface area (Å²) >= 11 is 0. The van der Waals surface area contributed by atoms with Gasteiger partial charge in [0.15, 0.2) is 6.10 Å². The van der Waals surface area contributed by atoms with E-state index in [1.807, 2.05) is 6.92 Å². The minimum absolute atomic E-state index is 0.102. The van der Waals surface area contributed by atoms with Crippen LogP contribution in [0.2, 0.25) is 0 Å². The van der Waals surface area contributed by atoms with Crippen molar-refractivity contribution in [2.24, 2.45) is 16.9 Å². The minimum atomic E-state index is -1.26. The third-order valence-corrected chi connectivity index (χ3v) is 4.66. The number of hydrogen-bond acceptors (Lipinski definition) is 8. The highest BCUT2D eigenvalue weighted by atomic mass is 16.6. The van der Waals surface area contributed by atoms with Crippen LogP contribution >= 0.6 is 0 Å². The van der Waals surface area contributed by atoms with E-state index in [-0.39, 0.29) is 38.4 Å². The van der Waals surface area contributed by atoms with Crippen molar-refractivity contribution < 1.29 is 33.8 Å². The van der Waals surface area contributed by atoms with Gasteiger partial charge in [0.05, 0.1) is 0 Å². The van der Waals surface area contributed by atoms with Crippen molar-refractivity contribution in [2.45, 2.75) is 84.3 Å². The van der Waals surface area contributed by atoms with Crippen LogP contribution in [0, 0.1) is 5.41 Å². The molecule has 0 saturated carbocycles. The number of carboxylic acid groups (broad SMARTS) is 1. The monoisotopic (exact) mass is 445 g/mol. The highest BCUT2D eigenvalue weighted by Crippen LogP contribution is 2.25. The van der Waals surface area contributed by atoms with Gasteiger partial charge in [-0.1, -0.05) is 33.6 Å². The van der Waals surface area contributed by atoms with Crippen LogP contribution in [-0.2, 0) is 28.7 Å². The molecule has 6 N–H and O–H groups in total. The van der Waals surface area contributed by atoms with E-state index in [1.54, 1.807) is 13.8 Å². The Labute approximate surface area is 184 Å². The molecule has 0 rings (SSSR count). The second kappa shape index (κ2) is 15.6. The van der Waals surface area contributed by atoms with Crippen molar-refractivity contribution in [1.82, 2.24) is 5.32 Å². The number of amides is 1. The highest BCUT2D eigenvalue weighted by Gasteiger charge is 2.40. The van der Waals surface area contributed by atoms with Crippen molar-refractivity contribution >= 4 is 23.8 Å². The Morgan fingerprint density at radius 1 is 1.06 bits per heavy atom. The molecule has 2 atom stereocenters. The number of esters is 2. The molecule has 0 heterocycles. The largest absolute Gasteiger partial charge is 0.481 e. The van der Waals surface area contributed by atoms with Crippen molar-refractivity contribution in [2.75, 3.05) is 19.7 Å². The predicted octanol–water partition coefficient (Wildman–Crippen LogP) is 1.10. The van der Waals surface area contributed by atoms with Gasteiger partial charge in [-0.25, -0.2) is 0 Å². The van der Waals surface area contributed by atoms with Gasteiger partial charge in [-0.2, -0.15) is 0 Å². The molecule has 0 fully saturated rings. The standard InChI is InChI=1S/C21H39N3O7/c1-4-5-11-17(27)30-14-21(2,3)18(19(28)24-13-8-10-16(25)26)31-20(29)15(23)9-6-7-12-22/h15,18H,4-14,22-23H2,1-3H3,(H,24,28)(H,25,26)/t15-,18?/m0/s1. The zero-order valence-corrected chi connectivity index (χ0v) is 19.0. The Morgan fingerprint density at radius 3 is 2.32 bits per heavy atom. The molecule has 31 heavy (non-hydrogen) atoms. The van der Waals surface area contributed by atoms with Gasteiger partial charge in [0.2, 0.25) is 0 Å². The molecule has 0 radical (unpaired) electrons. The topological polar surface area (TPSA) is 171 Å². The SMILES string of the molecule is CCCCC(=O)OCC(C)(C)C(OC(=O)[C@@H](N)CCCCN)C(=O)NCCCC(=O)O. The normalized spacial score (nSPS) is 13.2. The molecule has 0 bridgehead atoms. The van der Waals surface area contributed by atoms with Gasteiger partial charge in [-0.15, -0.1) is 0 Å². The van der Waals surface area contributed by atoms with E-state index >= 15 is 0 Å². The molecule has 0 aliphatic heterocycles. The Bertz CT molecular complexity index is 581. The first-order valence-corrected chi connectivity index (χ1v) is 10.9. The van der Waals surface area contributed by atoms with E-state index in [0.717, 1.165) is 6.42 Å². The quantitative estimate of drug-likeness (QED) is 0.189. The van der Waals surface area contributed by atoms with Gasteiger partial charge in [0, 0.05) is 24.8 Å². The molecule has 10 heteroatoms. The fourth-order valence-corrected chi connectivity index (χ4v) is 2.68. The van der Waals surface area contributed by atoms with E-state index in [4.69, 9.17) is 26.0 Å². The lowest BCUT2D eigenvalue weighted by molar-refractivity contribution is -0.170. The Kier molecular flexibility index (Phi) is 14.5. The van der Waals surface area contributed by atoms with Crippen molar-refractivity contribution in [3.8, 4) is 0 Å². The van der Waals surface area contributed by atoms with Crippen LogP contribution in [-0.4, -0.2) is 60.8 Å². The van der Waals surface area contributed by atoms with Gasteiger partial charge < -0.3 is 31.4 Å². The number of ether oxygens (including phenoxy) is 2. The third kappa shape index (κ3) is 13.0. The number of nitrogens with two attached hydrogens (primary N) is 2. The molecule has 0 spiro atoms. The zero-order valence-electron chi connectivity index (χ0n) is 19.0. The molecule has 1 unspecified atom stereocenters. The van der Waals surface area contributed by atoms with Crippen molar-refractivity contribution in [3.63, 3.8) is 0 Å². The van der Waals surface area contributed by atoms with Gasteiger partial charge in [0.25, 0.3) is 5.91 Å². The Morgan fingerprint density at radius 2 is 1.74 bits per heavy atom. The smallest absolute Gasteiger partial charge is 0.323 e. The number of nitrogens with one attached hydrogen (secondary N) is 1. The van der Waals surface area contributed by atoms with E-state index < -0.39 is 35.4 Å². The van der Waals surface area contributed by atoms with Crippen LogP contribution < -0.4 is 16.8 Å². The molecule has 0 aromatic heterocycles. The first-order chi connectivity index (χ1) is 14.5. The van der Waals surface area contributed by atoms with Crippen LogP contribution in [0.25, 0.3) is 0 Å². The van der Waals surface area contributed by atoms with Gasteiger partial charge in [-0.05, 0) is 32.2 Å². The predicted molar refractivity (Wildman–Crippen MR) is 115 cm³/mol. The summed E-state index contributed by atoms with van der Waals surface area (Å²) in [5.41, 5.74) is 10.3. The van der Waals surface area contributed by atoms with Crippen LogP contribution in [0.4, 0.5) is 0 Å². The van der Waals surface area contributed by atoms with E-state index in [1.165, 1.54) is 0 Å². The number of carbonyl (C=O) groups excluding carboxylic acids is 3. The van der Waals surface area contributed by atoms with E-state index in [0.29, 0.717) is 32.2 Å². The number of carbonyl (C=O) groups is 4. The number of rotatable bonds is 17. The molecular formula is C21H39N3O7. The van der Waals surface area contributed by atoms with Gasteiger partial charge in [-0.3, -0.25) is 19.2 Å². The lowest BCUT2D eigenvalue weighted by Gasteiger charge is -2.33. The summed E-state index contributed by atoms with van der Waals surface area (Å²) in [4.78, 5) is 47.7. The summed E-state index contributed by atoms with van der Waals surface area (Å²) in [6, 6.07) is -0.906. The summed E-state index contributed by atoms with van der Waals surface area (Å²) in [5.74, 6) is -2.68. The highest BCUT2D eigenvalue weighted by molar-refractivity contribution is 5.86. The lowest BCUT2D eigenvalue weighted by Crippen LogP contribution is -2.51. The first kappa shape index (κ1) is 28.8. The van der Waals surface area contributed by atoms with Crippen LogP contribution in [0.3, 0.4) is 0 Å². The molecule has 0 aliphatic carbocycles. The maximum Gasteiger partial charge on any atom is 0.323 e. The van der Waals surface area contributed by atoms with E-state index in [9.17, 15) is 19.2 Å². The summed E-state index contributed by atoms with van der Waals surface area (Å²) < 4.78 is 10.7. The van der Waals surface area contributed by atoms with E-state index in [2.05, 4.69) is 5.32 Å². The first-order valence-electron chi connectivity index (χ1n) is 10.9. The summed E-state index contributed by atoms with van der Waals surface area (Å²) in [7, 11) is 0. The summed E-state index contributed by atoms with van der Waals surface area (Å²) in [6.45, 7) is 5.72. The maximum atomic E-state index is 12.7. The average molecular weight is 446 g/mol. The third-order valence-electron chi connectivity index (χ3n) is 4.66. The van der Waals surface area contributed by atoms with Crippen LogP contribution in [0.1, 0.15) is 72.1 Å². The Hall–Kier alpha value is -2.20. The Balaban J connectivity index is 5.12. The lowest BCUT2D eigenvalue weighted by atomic mass is 9.86. The molecular weight excluding hydrogens is 406 g/mol. The van der Waals surface area contributed by atoms with Gasteiger partial charge >= 0.3 is 17.9 Å². The van der Waals surface area contributed by atoms with Crippen molar-refractivity contribution in [3.05, 3.63) is 0 Å². The number of carboxylic acids is 1. The number of hydrogen-bond donors (Lipinski definition) is 4. The van der Waals surface area contributed by atoms with Crippen molar-refractivity contribution in [1.29, 1.82) is 0 Å². The summed E-state index contributed by atoms with van der Waals surface area (Å²) in [6.07, 6.45) is 2.41. The molecule has 1 amide bonds. The second-order valence-corrected chi connectivity index (χ2v) is 8.25. The van der Waals surface area contributed by atoms with Gasteiger partial charge in [0.1, 0.15) is 12.6 Å². The number of unbranched alkanes of at least 4 members (excludes halogenated alkanes) is 2. The molecule has 0 saturated heterocycles. The molecule has 0 aromatic carbocycles. The minimum Gasteiger partial charge on any atom is -0.481 e. The maximum absolute atomic E-state index is 12.7. The molecule has 0 aliphatic rings. The summed E-state index contributed by atoms with van der Waals surface area (Å²) in [5, 5.41) is 11.3. The van der Waals surface area contributed by atoms with Crippen LogP contribution in [0.5, 0.6) is 0 Å². The second-order valence-electron chi connectivity index (χ2n) is 8.25. The fraction of sp³-hybridized carbons (Fsp3) is 0.810.